The summed E-state index contributed by atoms with van der Waals surface area (Å²) in [5.41, 5.74) is -0.289. The van der Waals surface area contributed by atoms with Gasteiger partial charge in [0, 0.05) is 12.5 Å². The molecule has 0 saturated heterocycles. The molecule has 4 saturated carbocycles. The highest BCUT2D eigenvalue weighted by Gasteiger charge is 2.55. The largest absolute Gasteiger partial charge is 0.454 e. The lowest BCUT2D eigenvalue weighted by atomic mass is 9.49. The first-order valence-electron chi connectivity index (χ1n) is 9.51. The third kappa shape index (κ3) is 3.67. The van der Waals surface area contributed by atoms with Crippen molar-refractivity contribution in [3.8, 4) is 0 Å². The van der Waals surface area contributed by atoms with Crippen LogP contribution in [0, 0.1) is 29.1 Å². The average Bonchev–Trinajstić information content (AvgIpc) is 2.55. The van der Waals surface area contributed by atoms with Gasteiger partial charge in [-0.1, -0.05) is 13.8 Å². The SMILES string of the molecule is CNC(=O)COC(=O)[C@H](NC(=O)C12CC3CC(CC(C3)C1)C2)C(C)C. The van der Waals surface area contributed by atoms with E-state index in [1.165, 1.54) is 26.3 Å². The fraction of sp³-hybridized carbons (Fsp3) is 0.842. The van der Waals surface area contributed by atoms with Gasteiger partial charge in [0.25, 0.3) is 5.91 Å². The maximum absolute atomic E-state index is 13.1. The van der Waals surface area contributed by atoms with Crippen LogP contribution >= 0.6 is 0 Å². The van der Waals surface area contributed by atoms with Crippen LogP contribution in [-0.2, 0) is 19.1 Å². The second-order valence-corrected chi connectivity index (χ2v) is 8.67. The van der Waals surface area contributed by atoms with Gasteiger partial charge < -0.3 is 15.4 Å². The Labute approximate surface area is 149 Å². The highest BCUT2D eigenvalue weighted by atomic mass is 16.5. The summed E-state index contributed by atoms with van der Waals surface area (Å²) in [6.07, 6.45) is 6.70. The van der Waals surface area contributed by atoms with E-state index in [0.29, 0.717) is 17.8 Å². The van der Waals surface area contributed by atoms with Gasteiger partial charge in [0.2, 0.25) is 5.91 Å². The third-order valence-corrected chi connectivity index (χ3v) is 6.35. The Morgan fingerprint density at radius 3 is 2.00 bits per heavy atom. The van der Waals surface area contributed by atoms with E-state index in [-0.39, 0.29) is 29.8 Å². The Balaban J connectivity index is 1.65. The monoisotopic (exact) mass is 350 g/mol. The molecule has 140 valence electrons. The first kappa shape index (κ1) is 18.2. The van der Waals surface area contributed by atoms with Crippen LogP contribution in [0.15, 0.2) is 0 Å². The standard InChI is InChI=1S/C19H30N2O4/c1-11(2)16(17(23)25-10-15(22)20-3)21-18(24)19-7-12-4-13(8-19)6-14(5-12)9-19/h11-14,16H,4-10H2,1-3H3,(H,20,22)(H,21,24)/t12?,13?,14?,16-,19?/m1/s1. The molecule has 6 heteroatoms. The van der Waals surface area contributed by atoms with Crippen LogP contribution in [0.25, 0.3) is 0 Å². The molecule has 4 fully saturated rings. The van der Waals surface area contributed by atoms with Gasteiger partial charge in [0.1, 0.15) is 6.04 Å². The van der Waals surface area contributed by atoms with Crippen LogP contribution < -0.4 is 10.6 Å². The van der Waals surface area contributed by atoms with Gasteiger partial charge >= 0.3 is 5.97 Å². The number of nitrogens with one attached hydrogen (secondary N) is 2. The number of carbonyl (C=O) groups excluding carboxylic acids is 3. The highest BCUT2D eigenvalue weighted by molar-refractivity contribution is 5.89. The second-order valence-electron chi connectivity index (χ2n) is 8.67. The molecule has 0 spiro atoms. The molecule has 6 nitrogen and oxygen atoms in total. The van der Waals surface area contributed by atoms with E-state index in [2.05, 4.69) is 10.6 Å². The fourth-order valence-corrected chi connectivity index (χ4v) is 5.48. The van der Waals surface area contributed by atoms with Gasteiger partial charge in [-0.05, 0) is 62.2 Å². The second kappa shape index (κ2) is 6.96. The molecular weight excluding hydrogens is 320 g/mol. The summed E-state index contributed by atoms with van der Waals surface area (Å²) in [5, 5.41) is 5.38. The van der Waals surface area contributed by atoms with Crippen LogP contribution in [0.2, 0.25) is 0 Å². The van der Waals surface area contributed by atoms with Crippen molar-refractivity contribution in [3.05, 3.63) is 0 Å². The van der Waals surface area contributed by atoms with Crippen molar-refractivity contribution in [1.82, 2.24) is 10.6 Å². The molecule has 0 aromatic rings. The van der Waals surface area contributed by atoms with Gasteiger partial charge in [-0.25, -0.2) is 4.79 Å². The highest BCUT2D eigenvalue weighted by Crippen LogP contribution is 2.60. The molecule has 0 aromatic heterocycles. The molecule has 0 aliphatic heterocycles. The summed E-state index contributed by atoms with van der Waals surface area (Å²) >= 11 is 0. The zero-order valence-electron chi connectivity index (χ0n) is 15.5. The zero-order valence-corrected chi connectivity index (χ0v) is 15.5. The van der Waals surface area contributed by atoms with E-state index >= 15 is 0 Å². The minimum absolute atomic E-state index is 0.0159. The smallest absolute Gasteiger partial charge is 0.329 e. The topological polar surface area (TPSA) is 84.5 Å². The quantitative estimate of drug-likeness (QED) is 0.713. The van der Waals surface area contributed by atoms with E-state index in [0.717, 1.165) is 19.3 Å². The molecule has 25 heavy (non-hydrogen) atoms. The Morgan fingerprint density at radius 2 is 1.56 bits per heavy atom. The van der Waals surface area contributed by atoms with Crippen LogP contribution in [-0.4, -0.2) is 37.5 Å². The number of carbonyl (C=O) groups is 3. The molecular formula is C19H30N2O4. The van der Waals surface area contributed by atoms with Crippen LogP contribution in [0.5, 0.6) is 0 Å². The van der Waals surface area contributed by atoms with Gasteiger partial charge in [-0.2, -0.15) is 0 Å². The fourth-order valence-electron chi connectivity index (χ4n) is 5.48. The molecule has 4 aliphatic carbocycles. The van der Waals surface area contributed by atoms with E-state index in [1.54, 1.807) is 0 Å². The lowest BCUT2D eigenvalue weighted by molar-refractivity contribution is -0.157. The van der Waals surface area contributed by atoms with Gasteiger partial charge in [-0.15, -0.1) is 0 Å². The summed E-state index contributed by atoms with van der Waals surface area (Å²) in [7, 11) is 1.49. The van der Waals surface area contributed by atoms with E-state index in [1.807, 2.05) is 13.8 Å². The number of ether oxygens (including phenoxy) is 1. The maximum atomic E-state index is 13.1. The van der Waals surface area contributed by atoms with Crippen molar-refractivity contribution in [1.29, 1.82) is 0 Å². The molecule has 0 radical (unpaired) electrons. The van der Waals surface area contributed by atoms with Crippen molar-refractivity contribution < 1.29 is 19.1 Å². The van der Waals surface area contributed by atoms with Crippen molar-refractivity contribution in [2.45, 2.75) is 58.4 Å². The van der Waals surface area contributed by atoms with Gasteiger partial charge in [-0.3, -0.25) is 9.59 Å². The number of hydrogen-bond acceptors (Lipinski definition) is 4. The molecule has 4 bridgehead atoms. The molecule has 4 rings (SSSR count). The predicted octanol–water partition coefficient (Wildman–Crippen LogP) is 1.63. The van der Waals surface area contributed by atoms with Crippen molar-refractivity contribution >= 4 is 17.8 Å². The Bertz CT molecular complexity index is 522. The van der Waals surface area contributed by atoms with E-state index < -0.39 is 12.0 Å². The van der Waals surface area contributed by atoms with E-state index in [4.69, 9.17) is 4.74 Å². The number of hydrogen-bond donors (Lipinski definition) is 2. The molecule has 2 N–H and O–H groups in total. The minimum atomic E-state index is -0.704. The Morgan fingerprint density at radius 1 is 1.04 bits per heavy atom. The summed E-state index contributed by atoms with van der Waals surface area (Å²) < 4.78 is 5.07. The molecule has 4 aliphatic rings. The first-order valence-corrected chi connectivity index (χ1v) is 9.51. The van der Waals surface area contributed by atoms with Crippen molar-refractivity contribution in [2.75, 3.05) is 13.7 Å². The van der Waals surface area contributed by atoms with Gasteiger partial charge in [0.15, 0.2) is 6.61 Å². The Kier molecular flexibility index (Phi) is 5.07. The third-order valence-electron chi connectivity index (χ3n) is 6.35. The number of likely N-dealkylation sites (N-methyl/N-ethyl adjacent to an activating group) is 1. The minimum Gasteiger partial charge on any atom is -0.454 e. The summed E-state index contributed by atoms with van der Waals surface area (Å²) in [6.45, 7) is 3.45. The molecule has 0 unspecified atom stereocenters. The molecule has 2 amide bonds. The average molecular weight is 350 g/mol. The molecule has 0 heterocycles. The predicted molar refractivity (Wildman–Crippen MR) is 92.4 cm³/mol. The summed E-state index contributed by atoms with van der Waals surface area (Å²) in [4.78, 5) is 36.7. The number of esters is 1. The molecule has 1 atom stereocenters. The Hall–Kier alpha value is -1.59. The van der Waals surface area contributed by atoms with Crippen molar-refractivity contribution in [3.63, 3.8) is 0 Å². The summed E-state index contributed by atoms with van der Waals surface area (Å²) in [5.74, 6) is 1.07. The van der Waals surface area contributed by atoms with Crippen LogP contribution in [0.3, 0.4) is 0 Å². The molecule has 0 aromatic carbocycles. The van der Waals surface area contributed by atoms with Crippen molar-refractivity contribution in [2.24, 2.45) is 29.1 Å². The first-order chi connectivity index (χ1) is 11.8. The summed E-state index contributed by atoms with van der Waals surface area (Å²) in [6, 6.07) is -0.704. The lowest BCUT2D eigenvalue weighted by Crippen LogP contribution is -2.57. The van der Waals surface area contributed by atoms with Crippen LogP contribution in [0.4, 0.5) is 0 Å². The van der Waals surface area contributed by atoms with Crippen LogP contribution in [0.1, 0.15) is 52.4 Å². The van der Waals surface area contributed by atoms with E-state index in [9.17, 15) is 14.4 Å². The van der Waals surface area contributed by atoms with Gasteiger partial charge in [0.05, 0.1) is 0 Å². The zero-order chi connectivity index (χ0) is 18.2. The number of rotatable bonds is 6. The lowest BCUT2D eigenvalue weighted by Gasteiger charge is -2.55. The maximum Gasteiger partial charge on any atom is 0.329 e. The normalized spacial score (nSPS) is 33.8. The number of amides is 2.